The fourth-order valence-electron chi connectivity index (χ4n) is 3.58. The minimum absolute atomic E-state index is 0.0786. The van der Waals surface area contributed by atoms with Crippen LogP contribution in [0.2, 0.25) is 10.0 Å². The Morgan fingerprint density at radius 2 is 1.71 bits per heavy atom. The lowest BCUT2D eigenvalue weighted by molar-refractivity contribution is 0.0454. The third-order valence-electron chi connectivity index (χ3n) is 4.86. The molecule has 2 aromatic carbocycles. The molecule has 1 aromatic heterocycles. The quantitative estimate of drug-likeness (QED) is 0.292. The van der Waals surface area contributed by atoms with Gasteiger partial charge in [0, 0.05) is 23.0 Å². The predicted octanol–water partition coefficient (Wildman–Crippen LogP) is 6.23. The van der Waals surface area contributed by atoms with Crippen molar-refractivity contribution in [2.45, 2.75) is 33.3 Å². The van der Waals surface area contributed by atoms with Gasteiger partial charge in [-0.3, -0.25) is 4.79 Å². The number of Topliss-reactive ketones (excluding diaryl/α,β-unsaturated/α-hetero) is 1. The van der Waals surface area contributed by atoms with E-state index in [0.717, 1.165) is 4.57 Å². The maximum absolute atomic E-state index is 13.3. The number of likely N-dealkylation sites (N-methyl/N-ethyl adjacent to an activating group) is 1. The normalized spacial score (nSPS) is 11.4. The van der Waals surface area contributed by atoms with Gasteiger partial charge in [0.25, 0.3) is 0 Å². The minimum Gasteiger partial charge on any atom is -0.461 e. The number of aromatic nitrogens is 1. The number of hydrogen-bond acceptors (Lipinski definition) is 6. The highest BCUT2D eigenvalue weighted by Crippen LogP contribution is 2.41. The first kappa shape index (κ1) is 25.6. The number of ether oxygens (including phenoxy) is 2. The predicted molar refractivity (Wildman–Crippen MR) is 134 cm³/mol. The summed E-state index contributed by atoms with van der Waals surface area (Å²) >= 11 is 12.8. The standard InChI is InChI=1S/C25H26Cl2N2O5/c1-6-33-23(31)22-21(28(5)14-19(30)15-10-8-7-9-11-15)20-17(27)12-16(26)13-18(20)29(22)24(32)34-25(2,3)4/h7-13H,6,14H2,1-5H3. The summed E-state index contributed by atoms with van der Waals surface area (Å²) < 4.78 is 11.9. The van der Waals surface area contributed by atoms with Gasteiger partial charge in [-0.2, -0.15) is 0 Å². The van der Waals surface area contributed by atoms with Gasteiger partial charge in [0.2, 0.25) is 0 Å². The van der Waals surface area contributed by atoms with Crippen molar-refractivity contribution in [3.05, 3.63) is 63.8 Å². The molecule has 7 nitrogen and oxygen atoms in total. The SMILES string of the molecule is CCOC(=O)c1c(N(C)CC(=O)c2ccccc2)c2c(Cl)cc(Cl)cc2n1C(=O)OC(C)(C)C. The van der Waals surface area contributed by atoms with E-state index in [1.54, 1.807) is 63.9 Å². The van der Waals surface area contributed by atoms with E-state index in [4.69, 9.17) is 32.7 Å². The van der Waals surface area contributed by atoms with Gasteiger partial charge < -0.3 is 14.4 Å². The van der Waals surface area contributed by atoms with Crippen molar-refractivity contribution in [2.24, 2.45) is 0 Å². The third kappa shape index (κ3) is 5.37. The summed E-state index contributed by atoms with van der Waals surface area (Å²) in [4.78, 5) is 40.9. The maximum atomic E-state index is 13.3. The number of nitrogens with zero attached hydrogens (tertiary/aromatic N) is 2. The summed E-state index contributed by atoms with van der Waals surface area (Å²) in [6, 6.07) is 11.8. The monoisotopic (exact) mass is 504 g/mol. The first-order valence-corrected chi connectivity index (χ1v) is 11.4. The minimum atomic E-state index is -0.836. The Kier molecular flexibility index (Phi) is 7.58. The molecule has 0 amide bonds. The Morgan fingerprint density at radius 3 is 2.29 bits per heavy atom. The molecule has 0 unspecified atom stereocenters. The second-order valence-corrected chi connectivity index (χ2v) is 9.50. The van der Waals surface area contributed by atoms with Gasteiger partial charge in [0.15, 0.2) is 11.5 Å². The van der Waals surface area contributed by atoms with Crippen LogP contribution >= 0.6 is 23.2 Å². The number of esters is 1. The summed E-state index contributed by atoms with van der Waals surface area (Å²) in [7, 11) is 1.64. The molecule has 1 heterocycles. The lowest BCUT2D eigenvalue weighted by Crippen LogP contribution is -2.31. The average Bonchev–Trinajstić information content (AvgIpc) is 3.09. The average molecular weight is 505 g/mol. The highest BCUT2D eigenvalue weighted by molar-refractivity contribution is 6.40. The Bertz CT molecular complexity index is 1250. The molecule has 3 aromatic rings. The van der Waals surface area contributed by atoms with Crippen LogP contribution in [0.5, 0.6) is 0 Å². The van der Waals surface area contributed by atoms with Crippen molar-refractivity contribution in [3.63, 3.8) is 0 Å². The first-order chi connectivity index (χ1) is 15.9. The topological polar surface area (TPSA) is 77.8 Å². The molecule has 9 heteroatoms. The van der Waals surface area contributed by atoms with Crippen LogP contribution in [0.1, 0.15) is 48.5 Å². The zero-order valence-corrected chi connectivity index (χ0v) is 21.2. The number of rotatable bonds is 6. The molecule has 0 N–H and O–H groups in total. The molecule has 0 aliphatic carbocycles. The van der Waals surface area contributed by atoms with Crippen molar-refractivity contribution in [1.29, 1.82) is 0 Å². The van der Waals surface area contributed by atoms with Gasteiger partial charge in [-0.15, -0.1) is 0 Å². The molecule has 0 aliphatic rings. The second-order valence-electron chi connectivity index (χ2n) is 8.66. The van der Waals surface area contributed by atoms with E-state index in [2.05, 4.69) is 0 Å². The van der Waals surface area contributed by atoms with Gasteiger partial charge in [-0.05, 0) is 39.8 Å². The molecule has 0 radical (unpaired) electrons. The summed E-state index contributed by atoms with van der Waals surface area (Å²) in [6.45, 7) is 6.80. The van der Waals surface area contributed by atoms with E-state index >= 15 is 0 Å². The molecular weight excluding hydrogens is 479 g/mol. The van der Waals surface area contributed by atoms with Crippen LogP contribution in [0.4, 0.5) is 10.5 Å². The van der Waals surface area contributed by atoms with Crippen LogP contribution in [0.3, 0.4) is 0 Å². The third-order valence-corrected chi connectivity index (χ3v) is 5.38. The molecule has 0 bridgehead atoms. The van der Waals surface area contributed by atoms with Gasteiger partial charge in [-0.25, -0.2) is 14.2 Å². The highest BCUT2D eigenvalue weighted by Gasteiger charge is 2.33. The lowest BCUT2D eigenvalue weighted by atomic mass is 10.1. The van der Waals surface area contributed by atoms with Crippen LogP contribution < -0.4 is 4.90 Å². The van der Waals surface area contributed by atoms with E-state index in [0.29, 0.717) is 10.9 Å². The fraction of sp³-hybridized carbons (Fsp3) is 0.320. The molecular formula is C25H26Cl2N2O5. The van der Waals surface area contributed by atoms with Crippen LogP contribution in [-0.2, 0) is 9.47 Å². The first-order valence-electron chi connectivity index (χ1n) is 10.7. The van der Waals surface area contributed by atoms with E-state index in [9.17, 15) is 14.4 Å². The number of hydrogen-bond donors (Lipinski definition) is 0. The molecule has 3 rings (SSSR count). The summed E-state index contributed by atoms with van der Waals surface area (Å²) in [5, 5.41) is 0.859. The summed E-state index contributed by atoms with van der Waals surface area (Å²) in [6.07, 6.45) is -0.798. The fourth-order valence-corrected chi connectivity index (χ4v) is 4.15. The van der Waals surface area contributed by atoms with Crippen LogP contribution in [-0.4, -0.2) is 48.2 Å². The second kappa shape index (κ2) is 10.1. The van der Waals surface area contributed by atoms with Gasteiger partial charge in [0.1, 0.15) is 5.60 Å². The Morgan fingerprint density at radius 1 is 1.06 bits per heavy atom. The zero-order chi connectivity index (χ0) is 25.2. The van der Waals surface area contributed by atoms with E-state index in [-0.39, 0.29) is 45.9 Å². The molecule has 0 atom stereocenters. The number of benzene rings is 2. The van der Waals surface area contributed by atoms with Crippen molar-refractivity contribution in [1.82, 2.24) is 4.57 Å². The van der Waals surface area contributed by atoms with Crippen LogP contribution in [0.15, 0.2) is 42.5 Å². The number of anilines is 1. The molecule has 0 saturated heterocycles. The number of ketones is 1. The van der Waals surface area contributed by atoms with E-state index in [1.807, 2.05) is 6.07 Å². The molecule has 180 valence electrons. The molecule has 0 aliphatic heterocycles. The summed E-state index contributed by atoms with van der Waals surface area (Å²) in [5.74, 6) is -0.938. The van der Waals surface area contributed by atoms with Crippen molar-refractivity contribution in [2.75, 3.05) is 25.1 Å². The summed E-state index contributed by atoms with van der Waals surface area (Å²) in [5.41, 5.74) is 0.113. The van der Waals surface area contributed by atoms with Crippen LogP contribution in [0, 0.1) is 0 Å². The number of carbonyl (C=O) groups excluding carboxylic acids is 3. The molecule has 0 spiro atoms. The lowest BCUT2D eigenvalue weighted by Gasteiger charge is -2.22. The molecule has 0 fully saturated rings. The Labute approximate surface area is 208 Å². The van der Waals surface area contributed by atoms with Gasteiger partial charge in [-0.1, -0.05) is 53.5 Å². The number of carbonyl (C=O) groups is 3. The van der Waals surface area contributed by atoms with Crippen molar-refractivity contribution in [3.8, 4) is 0 Å². The van der Waals surface area contributed by atoms with Gasteiger partial charge in [0.05, 0.1) is 29.4 Å². The molecule has 34 heavy (non-hydrogen) atoms. The molecule has 0 saturated carbocycles. The maximum Gasteiger partial charge on any atom is 0.419 e. The van der Waals surface area contributed by atoms with Gasteiger partial charge >= 0.3 is 12.1 Å². The van der Waals surface area contributed by atoms with E-state index in [1.165, 1.54) is 12.1 Å². The Balaban J connectivity index is 2.26. The smallest absolute Gasteiger partial charge is 0.419 e. The van der Waals surface area contributed by atoms with Crippen molar-refractivity contribution < 1.29 is 23.9 Å². The zero-order valence-electron chi connectivity index (χ0n) is 19.6. The van der Waals surface area contributed by atoms with Crippen LogP contribution in [0.25, 0.3) is 10.9 Å². The highest BCUT2D eigenvalue weighted by atomic mass is 35.5. The van der Waals surface area contributed by atoms with E-state index < -0.39 is 17.7 Å². The number of fused-ring (bicyclic) bond motifs is 1. The number of halogens is 2. The largest absolute Gasteiger partial charge is 0.461 e. The van der Waals surface area contributed by atoms with Crippen molar-refractivity contribution >= 4 is 57.6 Å². The Hall–Kier alpha value is -3.03.